The number of benzene rings is 7. The molecule has 2 aliphatic carbocycles. The van der Waals surface area contributed by atoms with Gasteiger partial charge in [0, 0.05) is 33.4 Å². The molecule has 0 saturated heterocycles. The third-order valence-electron chi connectivity index (χ3n) is 13.4. The van der Waals surface area contributed by atoms with E-state index < -0.39 is 0 Å². The minimum atomic E-state index is -0.282. The van der Waals surface area contributed by atoms with E-state index in [1.54, 1.807) is 0 Å². The molecule has 0 bridgehead atoms. The summed E-state index contributed by atoms with van der Waals surface area (Å²) in [5.41, 5.74) is 9.89. The minimum absolute atomic E-state index is 0.161. The van der Waals surface area contributed by atoms with Crippen LogP contribution < -0.4 is 4.74 Å². The van der Waals surface area contributed by atoms with E-state index in [0.29, 0.717) is 23.5 Å². The van der Waals surface area contributed by atoms with Gasteiger partial charge in [-0.05, 0) is 118 Å². The molecule has 1 fully saturated rings. The second-order valence-corrected chi connectivity index (χ2v) is 18.3. The lowest BCUT2D eigenvalue weighted by molar-refractivity contribution is 0.176. The molecular formula is C56H51NO3. The van der Waals surface area contributed by atoms with Gasteiger partial charge in [-0.1, -0.05) is 143 Å². The van der Waals surface area contributed by atoms with Crippen molar-refractivity contribution in [2.75, 3.05) is 6.61 Å². The molecule has 0 amide bonds. The van der Waals surface area contributed by atoms with Crippen LogP contribution >= 0.6 is 0 Å². The third kappa shape index (κ3) is 5.99. The fraction of sp³-hybridized carbons (Fsp3) is 0.232. The number of rotatable bonds is 7. The number of ether oxygens (including phenoxy) is 1. The van der Waals surface area contributed by atoms with Crippen LogP contribution in [0.2, 0.25) is 0 Å². The van der Waals surface area contributed by atoms with Crippen molar-refractivity contribution < 1.29 is 14.9 Å². The average Bonchev–Trinajstić information content (AvgIpc) is 3.24. The molecule has 7 aromatic carbocycles. The summed E-state index contributed by atoms with van der Waals surface area (Å²) < 4.78 is 7.25. The first kappa shape index (κ1) is 37.9. The van der Waals surface area contributed by atoms with E-state index in [2.05, 4.69) is 156 Å². The van der Waals surface area contributed by atoms with Gasteiger partial charge >= 0.3 is 0 Å². The van der Waals surface area contributed by atoms with Crippen LogP contribution in [-0.2, 0) is 5.41 Å². The van der Waals surface area contributed by atoms with Crippen molar-refractivity contribution in [2.45, 2.75) is 71.3 Å². The molecule has 0 spiro atoms. The zero-order valence-electron chi connectivity index (χ0n) is 35.1. The number of hydrogen-bond acceptors (Lipinski definition) is 4. The van der Waals surface area contributed by atoms with E-state index in [1.807, 2.05) is 24.3 Å². The Balaban J connectivity index is 1.23. The highest BCUT2D eigenvalue weighted by Gasteiger charge is 2.60. The normalized spacial score (nSPS) is 19.4. The van der Waals surface area contributed by atoms with Gasteiger partial charge in [-0.15, -0.1) is 0 Å². The largest absolute Gasteiger partial charge is 0.507 e. The molecular weight excluding hydrogens is 735 g/mol. The van der Waals surface area contributed by atoms with Crippen molar-refractivity contribution in [1.82, 2.24) is 0 Å². The number of allylic oxidation sites excluding steroid dienone is 2. The number of aryl methyl sites for hydroxylation is 2. The van der Waals surface area contributed by atoms with Crippen LogP contribution in [0, 0.1) is 19.3 Å². The Hall–Kier alpha value is -6.39. The molecule has 1 aliphatic heterocycles. The van der Waals surface area contributed by atoms with Crippen molar-refractivity contribution in [1.29, 1.82) is 0 Å². The number of fused-ring (bicyclic) bond motifs is 2. The quantitative estimate of drug-likeness (QED) is 0.169. The fourth-order valence-electron chi connectivity index (χ4n) is 10.3. The SMILES string of the molecule is Cc1cc(-c2cc(C(C)(C)C)cc(-c3cc(C)cc(-c4cccc5ccccc45)c3O)c2OCC2=NC34C=CC=CC23CCCC4)c(O)c(-c2cccc3ccccc23)c1. The van der Waals surface area contributed by atoms with Crippen molar-refractivity contribution in [3.8, 4) is 61.8 Å². The van der Waals surface area contributed by atoms with E-state index in [0.717, 1.165) is 103 Å². The number of aliphatic imine (C=N–C) groups is 1. The van der Waals surface area contributed by atoms with E-state index >= 15 is 0 Å². The van der Waals surface area contributed by atoms with Gasteiger partial charge in [0.2, 0.25) is 0 Å². The Labute approximate surface area is 353 Å². The van der Waals surface area contributed by atoms with Crippen molar-refractivity contribution in [3.63, 3.8) is 0 Å². The highest BCUT2D eigenvalue weighted by Crippen LogP contribution is 2.58. The second-order valence-electron chi connectivity index (χ2n) is 18.3. The zero-order valence-corrected chi connectivity index (χ0v) is 35.1. The van der Waals surface area contributed by atoms with Crippen LogP contribution in [0.15, 0.2) is 151 Å². The van der Waals surface area contributed by atoms with Gasteiger partial charge < -0.3 is 14.9 Å². The predicted molar refractivity (Wildman–Crippen MR) is 250 cm³/mol. The number of nitrogens with zero attached hydrogens (tertiary/aromatic N) is 1. The smallest absolute Gasteiger partial charge is 0.135 e. The summed E-state index contributed by atoms with van der Waals surface area (Å²) in [4.78, 5) is 5.35. The highest BCUT2D eigenvalue weighted by molar-refractivity contribution is 6.04. The molecule has 2 N–H and O–H groups in total. The van der Waals surface area contributed by atoms with Gasteiger partial charge in [-0.2, -0.15) is 0 Å². The van der Waals surface area contributed by atoms with E-state index in [-0.39, 0.29) is 27.9 Å². The summed E-state index contributed by atoms with van der Waals surface area (Å²) in [6, 6.07) is 41.8. The van der Waals surface area contributed by atoms with Crippen molar-refractivity contribution in [2.24, 2.45) is 10.4 Å². The number of phenolic OH excluding ortho intramolecular Hbond substituents is 2. The second kappa shape index (κ2) is 14.1. The number of hydrogen-bond donors (Lipinski definition) is 2. The third-order valence-corrected chi connectivity index (χ3v) is 13.4. The van der Waals surface area contributed by atoms with Gasteiger partial charge in [-0.25, -0.2) is 0 Å². The van der Waals surface area contributed by atoms with Gasteiger partial charge in [0.25, 0.3) is 0 Å². The molecule has 3 aliphatic rings. The summed E-state index contributed by atoms with van der Waals surface area (Å²) in [6.07, 6.45) is 13.4. The molecule has 4 nitrogen and oxygen atoms in total. The summed E-state index contributed by atoms with van der Waals surface area (Å²) in [5.74, 6) is 0.991. The average molecular weight is 786 g/mol. The molecule has 0 radical (unpaired) electrons. The first-order chi connectivity index (χ1) is 29.0. The first-order valence-corrected chi connectivity index (χ1v) is 21.4. The highest BCUT2D eigenvalue weighted by atomic mass is 16.5. The standard InChI is InChI=1S/C56H51NO3/c1-35-28-44(42-22-14-18-37-16-6-8-20-40(37)42)51(58)46(30-35)48-32-39(54(3,4)5)33-49(53(48)60-34-50-55-24-10-12-26-56(55,57-50)27-13-11-25-55)47-31-36(2)29-45(52(47)59)43-23-15-19-38-17-7-9-21-41(38)43/h6-10,12,14-24,26,28-33,58-59H,11,13,25,27,34H2,1-5H3. The van der Waals surface area contributed by atoms with Crippen LogP contribution in [0.5, 0.6) is 17.2 Å². The fourth-order valence-corrected chi connectivity index (χ4v) is 10.3. The summed E-state index contributed by atoms with van der Waals surface area (Å²) >= 11 is 0. The Morgan fingerprint density at radius 2 is 1.05 bits per heavy atom. The molecule has 2 atom stereocenters. The Kier molecular flexibility index (Phi) is 8.91. The van der Waals surface area contributed by atoms with Crippen LogP contribution in [0.25, 0.3) is 66.1 Å². The van der Waals surface area contributed by atoms with E-state index in [4.69, 9.17) is 9.73 Å². The molecule has 298 valence electrons. The van der Waals surface area contributed by atoms with Gasteiger partial charge in [0.15, 0.2) is 0 Å². The number of aromatic hydroxyl groups is 2. The first-order valence-electron chi connectivity index (χ1n) is 21.4. The summed E-state index contributed by atoms with van der Waals surface area (Å²) in [6.45, 7) is 11.1. The van der Waals surface area contributed by atoms with Crippen LogP contribution in [0.4, 0.5) is 0 Å². The minimum Gasteiger partial charge on any atom is -0.507 e. The lowest BCUT2D eigenvalue weighted by Gasteiger charge is -2.57. The maximum atomic E-state index is 12.6. The summed E-state index contributed by atoms with van der Waals surface area (Å²) in [7, 11) is 0. The topological polar surface area (TPSA) is 62.0 Å². The number of phenols is 2. The lowest BCUT2D eigenvalue weighted by Crippen LogP contribution is -2.62. The molecule has 0 aromatic heterocycles. The molecule has 1 heterocycles. The van der Waals surface area contributed by atoms with Crippen molar-refractivity contribution >= 4 is 27.3 Å². The molecule has 4 heteroatoms. The maximum Gasteiger partial charge on any atom is 0.135 e. The molecule has 1 saturated carbocycles. The van der Waals surface area contributed by atoms with Gasteiger partial charge in [-0.3, -0.25) is 4.99 Å². The van der Waals surface area contributed by atoms with Crippen LogP contribution in [-0.4, -0.2) is 28.1 Å². The predicted octanol–water partition coefficient (Wildman–Crippen LogP) is 14.2. The molecule has 7 aromatic rings. The molecule has 2 unspecified atom stereocenters. The molecule has 10 rings (SSSR count). The van der Waals surface area contributed by atoms with Crippen LogP contribution in [0.3, 0.4) is 0 Å². The molecule has 60 heavy (non-hydrogen) atoms. The Morgan fingerprint density at radius 1 is 0.567 bits per heavy atom. The monoisotopic (exact) mass is 785 g/mol. The van der Waals surface area contributed by atoms with E-state index in [1.165, 1.54) is 0 Å². The van der Waals surface area contributed by atoms with Crippen molar-refractivity contribution in [3.05, 3.63) is 162 Å². The zero-order chi connectivity index (χ0) is 41.4. The Bertz CT molecular complexity index is 2810. The van der Waals surface area contributed by atoms with Gasteiger partial charge in [0.1, 0.15) is 23.9 Å². The van der Waals surface area contributed by atoms with Gasteiger partial charge in [0.05, 0.1) is 16.7 Å². The Morgan fingerprint density at radius 3 is 1.60 bits per heavy atom. The lowest BCUT2D eigenvalue weighted by atomic mass is 9.53. The summed E-state index contributed by atoms with van der Waals surface area (Å²) in [5, 5.41) is 29.7. The van der Waals surface area contributed by atoms with Crippen LogP contribution in [0.1, 0.15) is 63.1 Å². The van der Waals surface area contributed by atoms with E-state index in [9.17, 15) is 10.2 Å². The maximum absolute atomic E-state index is 12.6.